The van der Waals surface area contributed by atoms with Crippen molar-refractivity contribution in [3.05, 3.63) is 33.4 Å². The number of carbonyl (C=O) groups excluding carboxylic acids is 1. The molecule has 0 saturated carbocycles. The first-order valence-corrected chi connectivity index (χ1v) is 6.97. The van der Waals surface area contributed by atoms with Crippen LogP contribution in [0.1, 0.15) is 18.9 Å². The number of halogens is 1. The second kappa shape index (κ2) is 8.04. The molecular formula is C14H17IO4. The van der Waals surface area contributed by atoms with E-state index in [4.69, 9.17) is 14.2 Å². The molecule has 5 heteroatoms. The Morgan fingerprint density at radius 1 is 1.32 bits per heavy atom. The number of methoxy groups -OCH3 is 2. The van der Waals surface area contributed by atoms with Crippen molar-refractivity contribution in [2.75, 3.05) is 14.2 Å². The number of carbonyl (C=O) groups is 1. The maximum absolute atomic E-state index is 11.6. The topological polar surface area (TPSA) is 44.8 Å². The van der Waals surface area contributed by atoms with E-state index in [9.17, 15) is 4.79 Å². The van der Waals surface area contributed by atoms with Crippen LogP contribution < -0.4 is 9.47 Å². The zero-order valence-corrected chi connectivity index (χ0v) is 13.4. The quantitative estimate of drug-likeness (QED) is 0.564. The highest BCUT2D eigenvalue weighted by Crippen LogP contribution is 2.25. The van der Waals surface area contributed by atoms with Gasteiger partial charge in [0.05, 0.1) is 20.6 Å². The third-order valence-electron chi connectivity index (χ3n) is 2.49. The van der Waals surface area contributed by atoms with Crippen LogP contribution in [0.3, 0.4) is 0 Å². The summed E-state index contributed by atoms with van der Waals surface area (Å²) in [6.07, 6.45) is 0.307. The predicted molar refractivity (Wildman–Crippen MR) is 81.7 cm³/mol. The number of esters is 1. The number of ether oxygens (including phenoxy) is 3. The van der Waals surface area contributed by atoms with E-state index in [2.05, 4.69) is 22.6 Å². The van der Waals surface area contributed by atoms with E-state index in [1.807, 2.05) is 23.1 Å². The molecule has 104 valence electrons. The fourth-order valence-corrected chi connectivity index (χ4v) is 1.67. The maximum atomic E-state index is 11.6. The number of hydrogen-bond donors (Lipinski definition) is 0. The summed E-state index contributed by atoms with van der Waals surface area (Å²) in [7, 11) is 3.16. The minimum Gasteiger partial charge on any atom is -0.497 e. The molecule has 0 fully saturated rings. The smallest absolute Gasteiger partial charge is 0.310 e. The molecule has 0 amide bonds. The summed E-state index contributed by atoms with van der Waals surface area (Å²) in [6, 6.07) is 5.40. The largest absolute Gasteiger partial charge is 0.497 e. The van der Waals surface area contributed by atoms with Gasteiger partial charge in [-0.3, -0.25) is 4.79 Å². The molecule has 0 N–H and O–H groups in total. The summed E-state index contributed by atoms with van der Waals surface area (Å²) in [5.41, 5.74) is 1.79. The highest BCUT2D eigenvalue weighted by molar-refractivity contribution is 14.1. The molecule has 0 atom stereocenters. The molecule has 1 aromatic carbocycles. The minimum absolute atomic E-state index is 0.195. The fourth-order valence-electron chi connectivity index (χ4n) is 1.45. The molecule has 0 aliphatic rings. The zero-order valence-electron chi connectivity index (χ0n) is 11.2. The monoisotopic (exact) mass is 376 g/mol. The summed E-state index contributed by atoms with van der Waals surface area (Å²) in [5, 5.41) is 0. The Morgan fingerprint density at radius 3 is 2.63 bits per heavy atom. The van der Waals surface area contributed by atoms with E-state index >= 15 is 0 Å². The molecule has 0 aromatic heterocycles. The van der Waals surface area contributed by atoms with Crippen LogP contribution in [0.25, 0.3) is 0 Å². The van der Waals surface area contributed by atoms with Gasteiger partial charge >= 0.3 is 5.97 Å². The van der Waals surface area contributed by atoms with Crippen molar-refractivity contribution >= 4 is 28.6 Å². The van der Waals surface area contributed by atoms with Gasteiger partial charge in [0.25, 0.3) is 0 Å². The highest BCUT2D eigenvalue weighted by Gasteiger charge is 2.09. The summed E-state index contributed by atoms with van der Waals surface area (Å²) < 4.78 is 17.4. The van der Waals surface area contributed by atoms with Crippen LogP contribution in [-0.4, -0.2) is 20.2 Å². The Balaban J connectivity index is 2.64. The Hall–Kier alpha value is -1.24. The lowest BCUT2D eigenvalue weighted by Crippen LogP contribution is -2.05. The van der Waals surface area contributed by atoms with Crippen molar-refractivity contribution in [2.45, 2.75) is 20.0 Å². The summed E-state index contributed by atoms with van der Waals surface area (Å²) in [6.45, 7) is 2.09. The van der Waals surface area contributed by atoms with Crippen molar-refractivity contribution in [3.8, 4) is 11.5 Å². The van der Waals surface area contributed by atoms with E-state index in [-0.39, 0.29) is 12.6 Å². The first-order valence-electron chi connectivity index (χ1n) is 5.73. The van der Waals surface area contributed by atoms with E-state index in [0.717, 1.165) is 11.1 Å². The van der Waals surface area contributed by atoms with Gasteiger partial charge in [-0.2, -0.15) is 0 Å². The van der Waals surface area contributed by atoms with E-state index in [1.54, 1.807) is 20.3 Å². The normalized spacial score (nSPS) is 11.1. The minimum atomic E-state index is -0.247. The first-order chi connectivity index (χ1) is 9.10. The number of rotatable bonds is 6. The van der Waals surface area contributed by atoms with Crippen LogP contribution in [0.4, 0.5) is 0 Å². The van der Waals surface area contributed by atoms with Crippen molar-refractivity contribution in [1.29, 1.82) is 0 Å². The molecule has 0 spiro atoms. The summed E-state index contributed by atoms with van der Waals surface area (Å²) in [4.78, 5) is 11.6. The summed E-state index contributed by atoms with van der Waals surface area (Å²) >= 11 is 2.10. The van der Waals surface area contributed by atoms with Crippen molar-refractivity contribution < 1.29 is 19.0 Å². The number of benzene rings is 1. The molecule has 0 unspecified atom stereocenters. The van der Waals surface area contributed by atoms with Gasteiger partial charge in [0, 0.05) is 11.6 Å². The molecule has 1 rings (SSSR count). The molecule has 0 saturated heterocycles. The van der Waals surface area contributed by atoms with Gasteiger partial charge in [0.2, 0.25) is 0 Å². The average Bonchev–Trinajstić information content (AvgIpc) is 2.44. The standard InChI is InChI=1S/C14H17IO4/c1-10(8-15)6-14(16)19-9-11-4-5-12(17-2)7-13(11)18-3/h4-5,7-8H,6,9H2,1-3H3/b10-8+. The molecule has 0 bridgehead atoms. The van der Waals surface area contributed by atoms with Crippen LogP contribution in [0.2, 0.25) is 0 Å². The molecule has 4 nitrogen and oxygen atoms in total. The third-order valence-corrected chi connectivity index (χ3v) is 3.56. The fraction of sp³-hybridized carbons (Fsp3) is 0.357. The summed E-state index contributed by atoms with van der Waals surface area (Å²) in [5.74, 6) is 1.10. The van der Waals surface area contributed by atoms with Crippen LogP contribution in [0.15, 0.2) is 27.9 Å². The van der Waals surface area contributed by atoms with Crippen LogP contribution >= 0.6 is 22.6 Å². The molecule has 19 heavy (non-hydrogen) atoms. The van der Waals surface area contributed by atoms with E-state index in [0.29, 0.717) is 17.9 Å². The maximum Gasteiger partial charge on any atom is 0.310 e. The third kappa shape index (κ3) is 5.10. The molecule has 0 aliphatic carbocycles. The molecule has 0 radical (unpaired) electrons. The van der Waals surface area contributed by atoms with Gasteiger partial charge in [-0.05, 0) is 23.1 Å². The van der Waals surface area contributed by atoms with Crippen LogP contribution in [0, 0.1) is 0 Å². The lowest BCUT2D eigenvalue weighted by Gasteiger charge is -2.11. The molecular weight excluding hydrogens is 359 g/mol. The zero-order chi connectivity index (χ0) is 14.3. The predicted octanol–water partition coefficient (Wildman–Crippen LogP) is 3.48. The lowest BCUT2D eigenvalue weighted by atomic mass is 10.2. The van der Waals surface area contributed by atoms with Crippen molar-refractivity contribution in [3.63, 3.8) is 0 Å². The van der Waals surface area contributed by atoms with Gasteiger partial charge in [0.1, 0.15) is 18.1 Å². The number of hydrogen-bond acceptors (Lipinski definition) is 4. The molecule has 0 heterocycles. The molecule has 0 aliphatic heterocycles. The molecule has 1 aromatic rings. The Labute approximate surface area is 126 Å². The Bertz CT molecular complexity index is 469. The van der Waals surface area contributed by atoms with Crippen LogP contribution in [0.5, 0.6) is 11.5 Å². The Morgan fingerprint density at radius 2 is 2.05 bits per heavy atom. The van der Waals surface area contributed by atoms with Crippen molar-refractivity contribution in [2.24, 2.45) is 0 Å². The second-order valence-corrected chi connectivity index (χ2v) is 4.59. The highest BCUT2D eigenvalue weighted by atomic mass is 127. The second-order valence-electron chi connectivity index (χ2n) is 3.97. The van der Waals surface area contributed by atoms with Gasteiger partial charge in [-0.15, -0.1) is 0 Å². The van der Waals surface area contributed by atoms with E-state index in [1.165, 1.54) is 0 Å². The lowest BCUT2D eigenvalue weighted by molar-refractivity contribution is -0.144. The van der Waals surface area contributed by atoms with Gasteiger partial charge in [0.15, 0.2) is 0 Å². The van der Waals surface area contributed by atoms with Crippen molar-refractivity contribution in [1.82, 2.24) is 0 Å². The van der Waals surface area contributed by atoms with E-state index < -0.39 is 0 Å². The Kier molecular flexibility index (Phi) is 6.69. The SMILES string of the molecule is COc1ccc(COC(=O)C/C(C)=C/I)c(OC)c1. The van der Waals surface area contributed by atoms with Gasteiger partial charge in [-0.25, -0.2) is 0 Å². The van der Waals surface area contributed by atoms with Gasteiger partial charge < -0.3 is 14.2 Å². The average molecular weight is 376 g/mol. The first kappa shape index (κ1) is 15.8. The van der Waals surface area contributed by atoms with Crippen LogP contribution in [-0.2, 0) is 16.1 Å². The van der Waals surface area contributed by atoms with Gasteiger partial charge in [-0.1, -0.05) is 28.2 Å².